The molecule has 0 rings (SSSR count). The largest absolute Gasteiger partial charge is 0.138 e. The molecule has 11 heavy (non-hydrogen) atoms. The lowest BCUT2D eigenvalue weighted by molar-refractivity contribution is 0.340. The third-order valence-corrected chi connectivity index (χ3v) is 2.90. The second-order valence-corrected chi connectivity index (χ2v) is 4.27. The van der Waals surface area contributed by atoms with Crippen LogP contribution < -0.4 is 0 Å². The summed E-state index contributed by atoms with van der Waals surface area (Å²) < 4.78 is 0. The fourth-order valence-electron chi connectivity index (χ4n) is 1.56. The number of rotatable bonds is 6. The van der Waals surface area contributed by atoms with E-state index in [1.807, 2.05) is 0 Å². The molecule has 0 amide bonds. The molecule has 0 aliphatic rings. The van der Waals surface area contributed by atoms with Crippen LogP contribution in [0.5, 0.6) is 0 Å². The van der Waals surface area contributed by atoms with Crippen molar-refractivity contribution in [2.45, 2.75) is 46.5 Å². The molecule has 0 saturated heterocycles. The molecule has 0 fully saturated rings. The van der Waals surface area contributed by atoms with Crippen LogP contribution in [-0.2, 0) is 0 Å². The minimum absolute atomic E-state index is 0.879. The second-order valence-electron chi connectivity index (χ2n) is 3.70. The lowest BCUT2D eigenvalue weighted by Gasteiger charge is -2.18. The van der Waals surface area contributed by atoms with Crippen molar-refractivity contribution in [2.75, 3.05) is 6.16 Å². The number of unbranched alkanes of at least 4 members (excludes halogenated alkanes) is 1. The van der Waals surface area contributed by atoms with Crippen LogP contribution in [0.2, 0.25) is 0 Å². The normalized spacial score (nSPS) is 13.9. The van der Waals surface area contributed by atoms with Gasteiger partial charge in [0.1, 0.15) is 0 Å². The van der Waals surface area contributed by atoms with Gasteiger partial charge in [-0.05, 0) is 24.4 Å². The highest BCUT2D eigenvalue weighted by molar-refractivity contribution is 7.16. The van der Waals surface area contributed by atoms with Crippen molar-refractivity contribution in [1.82, 2.24) is 0 Å². The van der Waals surface area contributed by atoms with Crippen molar-refractivity contribution >= 4 is 9.24 Å². The summed E-state index contributed by atoms with van der Waals surface area (Å²) in [5, 5.41) is 0. The maximum atomic E-state index is 2.80. The van der Waals surface area contributed by atoms with E-state index in [4.69, 9.17) is 0 Å². The molecule has 0 aromatic heterocycles. The van der Waals surface area contributed by atoms with Gasteiger partial charge in [-0.1, -0.05) is 40.0 Å². The quantitative estimate of drug-likeness (QED) is 0.425. The van der Waals surface area contributed by atoms with E-state index in [0.29, 0.717) is 0 Å². The highest BCUT2D eigenvalue weighted by Crippen LogP contribution is 2.21. The van der Waals surface area contributed by atoms with Crippen molar-refractivity contribution in [3.63, 3.8) is 0 Å². The molecule has 0 saturated carbocycles. The lowest BCUT2D eigenvalue weighted by atomic mass is 9.89. The molecule has 0 aliphatic carbocycles. The Balaban J connectivity index is 3.36. The molecule has 2 unspecified atom stereocenters. The molecule has 0 spiro atoms. The van der Waals surface area contributed by atoms with Crippen molar-refractivity contribution in [3.8, 4) is 0 Å². The van der Waals surface area contributed by atoms with Crippen LogP contribution in [-0.4, -0.2) is 6.16 Å². The first-order valence-corrected chi connectivity index (χ1v) is 5.74. The zero-order chi connectivity index (χ0) is 8.69. The van der Waals surface area contributed by atoms with Crippen molar-refractivity contribution < 1.29 is 0 Å². The molecule has 0 heterocycles. The van der Waals surface area contributed by atoms with Crippen LogP contribution in [0.1, 0.15) is 46.5 Å². The first-order chi connectivity index (χ1) is 5.22. The smallest absolute Gasteiger partial charge is 0.0381 e. The number of hydrogen-bond acceptors (Lipinski definition) is 0. The molecule has 0 aromatic carbocycles. The zero-order valence-corrected chi connectivity index (χ0v) is 9.42. The first-order valence-electron chi connectivity index (χ1n) is 4.92. The number of hydrogen-bond donors (Lipinski definition) is 0. The van der Waals surface area contributed by atoms with E-state index in [0.717, 1.165) is 11.8 Å². The van der Waals surface area contributed by atoms with E-state index in [2.05, 4.69) is 30.0 Å². The van der Waals surface area contributed by atoms with Gasteiger partial charge in [-0.3, -0.25) is 0 Å². The van der Waals surface area contributed by atoms with E-state index in [1.54, 1.807) is 0 Å². The highest BCUT2D eigenvalue weighted by atomic mass is 31.0. The molecule has 0 N–H and O–H groups in total. The molecule has 1 heteroatoms. The Hall–Kier alpha value is 0.430. The Kier molecular flexibility index (Phi) is 7.38. The lowest BCUT2D eigenvalue weighted by Crippen LogP contribution is -2.07. The van der Waals surface area contributed by atoms with Gasteiger partial charge in [-0.2, -0.15) is 0 Å². The molecule has 0 bridgehead atoms. The fourth-order valence-corrected chi connectivity index (χ4v) is 1.85. The summed E-state index contributed by atoms with van der Waals surface area (Å²) in [6.07, 6.45) is 6.86. The molecule has 0 aliphatic heterocycles. The van der Waals surface area contributed by atoms with Crippen LogP contribution in [0.4, 0.5) is 0 Å². The minimum atomic E-state index is 0.879. The average molecular weight is 174 g/mol. The molecule has 0 radical (unpaired) electrons. The summed E-state index contributed by atoms with van der Waals surface area (Å²) in [4.78, 5) is 0. The second kappa shape index (κ2) is 7.10. The van der Waals surface area contributed by atoms with E-state index in [1.165, 1.54) is 31.8 Å². The van der Waals surface area contributed by atoms with Gasteiger partial charge in [-0.15, -0.1) is 9.24 Å². The molecule has 0 aromatic rings. The predicted octanol–water partition coefficient (Wildman–Crippen LogP) is 3.71. The van der Waals surface area contributed by atoms with Crippen molar-refractivity contribution in [3.05, 3.63) is 0 Å². The van der Waals surface area contributed by atoms with Crippen LogP contribution in [0.15, 0.2) is 0 Å². The van der Waals surface area contributed by atoms with E-state index >= 15 is 0 Å². The first kappa shape index (κ1) is 11.4. The van der Waals surface area contributed by atoms with Gasteiger partial charge in [0.15, 0.2) is 0 Å². The van der Waals surface area contributed by atoms with Gasteiger partial charge in [0.05, 0.1) is 0 Å². The fraction of sp³-hybridized carbons (Fsp3) is 1.00. The van der Waals surface area contributed by atoms with Gasteiger partial charge < -0.3 is 0 Å². The Morgan fingerprint density at radius 1 is 1.18 bits per heavy atom. The van der Waals surface area contributed by atoms with Gasteiger partial charge in [0, 0.05) is 0 Å². The highest BCUT2D eigenvalue weighted by Gasteiger charge is 2.09. The van der Waals surface area contributed by atoms with Gasteiger partial charge in [0.25, 0.3) is 0 Å². The Morgan fingerprint density at radius 3 is 2.18 bits per heavy atom. The zero-order valence-electron chi connectivity index (χ0n) is 8.27. The summed E-state index contributed by atoms with van der Waals surface area (Å²) in [5.41, 5.74) is 0. The average Bonchev–Trinajstić information content (AvgIpc) is 1.97. The summed E-state index contributed by atoms with van der Waals surface area (Å²) >= 11 is 0. The summed E-state index contributed by atoms with van der Waals surface area (Å²) in [5.74, 6) is 1.84. The maximum absolute atomic E-state index is 2.80. The van der Waals surface area contributed by atoms with Crippen LogP contribution >= 0.6 is 9.24 Å². The third-order valence-electron chi connectivity index (χ3n) is 2.50. The van der Waals surface area contributed by atoms with Gasteiger partial charge in [0.2, 0.25) is 0 Å². The minimum Gasteiger partial charge on any atom is -0.138 e. The summed E-state index contributed by atoms with van der Waals surface area (Å²) in [7, 11) is 2.80. The Morgan fingerprint density at radius 2 is 1.82 bits per heavy atom. The van der Waals surface area contributed by atoms with Crippen molar-refractivity contribution in [1.29, 1.82) is 0 Å². The van der Waals surface area contributed by atoms with E-state index < -0.39 is 0 Å². The monoisotopic (exact) mass is 174 g/mol. The van der Waals surface area contributed by atoms with Crippen LogP contribution in [0.25, 0.3) is 0 Å². The SMILES string of the molecule is CCC(CCCCP)C(C)C. The molecule has 68 valence electrons. The van der Waals surface area contributed by atoms with Gasteiger partial charge >= 0.3 is 0 Å². The topological polar surface area (TPSA) is 0 Å². The molecule has 0 nitrogen and oxygen atoms in total. The Bertz CT molecular complexity index is 78.9. The van der Waals surface area contributed by atoms with Gasteiger partial charge in [-0.25, -0.2) is 0 Å². The Labute approximate surface area is 74.4 Å². The standard InChI is InChI=1S/C10H23P/c1-4-10(9(2)3)7-5-6-8-11/h9-10H,4-8,11H2,1-3H3. The third kappa shape index (κ3) is 5.67. The van der Waals surface area contributed by atoms with E-state index in [9.17, 15) is 0 Å². The van der Waals surface area contributed by atoms with Crippen molar-refractivity contribution in [2.24, 2.45) is 11.8 Å². The molecular weight excluding hydrogens is 151 g/mol. The molecule has 2 atom stereocenters. The molecular formula is C10H23P. The van der Waals surface area contributed by atoms with Crippen LogP contribution in [0, 0.1) is 11.8 Å². The summed E-state index contributed by atoms with van der Waals surface area (Å²) in [6.45, 7) is 7.00. The maximum Gasteiger partial charge on any atom is -0.0381 e. The van der Waals surface area contributed by atoms with Crippen LogP contribution in [0.3, 0.4) is 0 Å². The van der Waals surface area contributed by atoms with E-state index in [-0.39, 0.29) is 0 Å². The summed E-state index contributed by atoms with van der Waals surface area (Å²) in [6, 6.07) is 0. The predicted molar refractivity (Wildman–Crippen MR) is 57.0 cm³/mol.